The zero-order valence-corrected chi connectivity index (χ0v) is 6.79. The van der Waals surface area contributed by atoms with Crippen molar-refractivity contribution in [2.45, 2.75) is 6.04 Å². The maximum absolute atomic E-state index is 10.8. The maximum Gasteiger partial charge on any atom is 0.230 e. The van der Waals surface area contributed by atoms with Gasteiger partial charge in [-0.15, -0.1) is 0 Å². The molecule has 0 saturated carbocycles. The Morgan fingerprint density at radius 3 is 2.54 bits per heavy atom. The molecule has 0 fully saturated rings. The summed E-state index contributed by atoms with van der Waals surface area (Å²) in [5, 5.41) is 3.30. The van der Waals surface area contributed by atoms with Gasteiger partial charge in [0.1, 0.15) is 6.04 Å². The zero-order valence-electron chi connectivity index (χ0n) is 6.79. The van der Waals surface area contributed by atoms with Crippen LogP contribution in [0.25, 0.3) is 10.4 Å². The SMILES string of the molecule is [N-]=[N+]=N[C@@H](C(N)=O)c1ccccc1. The molecule has 0 bridgehead atoms. The van der Waals surface area contributed by atoms with Crippen molar-refractivity contribution < 1.29 is 4.79 Å². The third-order valence-electron chi connectivity index (χ3n) is 1.55. The molecule has 5 heteroatoms. The Labute approximate surface area is 74.8 Å². The van der Waals surface area contributed by atoms with Gasteiger partial charge >= 0.3 is 0 Å². The summed E-state index contributed by atoms with van der Waals surface area (Å²) in [5.41, 5.74) is 13.9. The maximum atomic E-state index is 10.8. The number of carbonyl (C=O) groups is 1. The fraction of sp³-hybridized carbons (Fsp3) is 0.125. The van der Waals surface area contributed by atoms with E-state index in [2.05, 4.69) is 10.0 Å². The van der Waals surface area contributed by atoms with Gasteiger partial charge in [-0.1, -0.05) is 35.4 Å². The van der Waals surface area contributed by atoms with E-state index in [1.54, 1.807) is 30.3 Å². The highest BCUT2D eigenvalue weighted by Crippen LogP contribution is 2.16. The Kier molecular flexibility index (Phi) is 2.89. The summed E-state index contributed by atoms with van der Waals surface area (Å²) < 4.78 is 0. The average molecular weight is 176 g/mol. The van der Waals surface area contributed by atoms with Crippen molar-refractivity contribution >= 4 is 5.91 Å². The number of amides is 1. The average Bonchev–Trinajstić information content (AvgIpc) is 2.15. The van der Waals surface area contributed by atoms with Crippen LogP contribution in [-0.2, 0) is 4.79 Å². The van der Waals surface area contributed by atoms with Crippen molar-refractivity contribution in [2.75, 3.05) is 0 Å². The topological polar surface area (TPSA) is 91.8 Å². The Morgan fingerprint density at radius 1 is 1.46 bits per heavy atom. The predicted molar refractivity (Wildman–Crippen MR) is 47.5 cm³/mol. The summed E-state index contributed by atoms with van der Waals surface area (Å²) in [6.45, 7) is 0. The molecule has 1 atom stereocenters. The quantitative estimate of drug-likeness (QED) is 0.422. The first-order valence-electron chi connectivity index (χ1n) is 3.64. The summed E-state index contributed by atoms with van der Waals surface area (Å²) in [4.78, 5) is 13.4. The van der Waals surface area contributed by atoms with E-state index in [0.717, 1.165) is 0 Å². The van der Waals surface area contributed by atoms with Gasteiger partial charge in [-0.05, 0) is 11.1 Å². The van der Waals surface area contributed by atoms with Gasteiger partial charge in [-0.3, -0.25) is 4.79 Å². The summed E-state index contributed by atoms with van der Waals surface area (Å²) in [6, 6.07) is 7.76. The number of hydrogen-bond donors (Lipinski definition) is 1. The van der Waals surface area contributed by atoms with E-state index < -0.39 is 11.9 Å². The fourth-order valence-electron chi connectivity index (χ4n) is 0.975. The Bertz CT molecular complexity index is 340. The minimum absolute atomic E-state index is 0.604. The van der Waals surface area contributed by atoms with Gasteiger partial charge in [0.15, 0.2) is 0 Å². The van der Waals surface area contributed by atoms with E-state index in [1.807, 2.05) is 0 Å². The van der Waals surface area contributed by atoms with Crippen molar-refractivity contribution in [3.63, 3.8) is 0 Å². The zero-order chi connectivity index (χ0) is 9.68. The second-order valence-electron chi connectivity index (χ2n) is 2.42. The molecule has 0 spiro atoms. The first-order valence-corrected chi connectivity index (χ1v) is 3.64. The molecule has 0 saturated heterocycles. The number of hydrogen-bond acceptors (Lipinski definition) is 2. The first-order chi connectivity index (χ1) is 6.25. The predicted octanol–water partition coefficient (Wildman–Crippen LogP) is 1.52. The van der Waals surface area contributed by atoms with E-state index in [-0.39, 0.29) is 0 Å². The number of primary amides is 1. The minimum atomic E-state index is -0.911. The largest absolute Gasteiger partial charge is 0.369 e. The Morgan fingerprint density at radius 2 is 2.08 bits per heavy atom. The molecule has 1 aromatic carbocycles. The third kappa shape index (κ3) is 2.21. The van der Waals surface area contributed by atoms with E-state index in [9.17, 15) is 4.79 Å². The molecule has 1 rings (SSSR count). The van der Waals surface area contributed by atoms with Crippen LogP contribution in [0.4, 0.5) is 0 Å². The Hall–Kier alpha value is -2.00. The van der Waals surface area contributed by atoms with Crippen LogP contribution in [0.3, 0.4) is 0 Å². The molecule has 0 aliphatic heterocycles. The van der Waals surface area contributed by atoms with Gasteiger partial charge in [0, 0.05) is 4.91 Å². The number of rotatable bonds is 3. The van der Waals surface area contributed by atoms with Crippen molar-refractivity contribution in [3.8, 4) is 0 Å². The van der Waals surface area contributed by atoms with Crippen molar-refractivity contribution in [1.29, 1.82) is 0 Å². The molecule has 0 aliphatic rings. The molecule has 0 heterocycles. The van der Waals surface area contributed by atoms with Gasteiger partial charge in [-0.25, -0.2) is 0 Å². The monoisotopic (exact) mass is 176 g/mol. The lowest BCUT2D eigenvalue weighted by atomic mass is 10.1. The number of nitrogens with two attached hydrogens (primary N) is 1. The number of nitrogens with zero attached hydrogens (tertiary/aromatic N) is 3. The van der Waals surface area contributed by atoms with Crippen LogP contribution in [-0.4, -0.2) is 5.91 Å². The summed E-state index contributed by atoms with van der Waals surface area (Å²) in [7, 11) is 0. The summed E-state index contributed by atoms with van der Waals surface area (Å²) in [5.74, 6) is -0.649. The summed E-state index contributed by atoms with van der Waals surface area (Å²) in [6.07, 6.45) is 0. The Balaban J connectivity index is 3.02. The lowest BCUT2D eigenvalue weighted by Crippen LogP contribution is -2.19. The molecule has 66 valence electrons. The molecular weight excluding hydrogens is 168 g/mol. The lowest BCUT2D eigenvalue weighted by molar-refractivity contribution is -0.119. The van der Waals surface area contributed by atoms with E-state index in [4.69, 9.17) is 11.3 Å². The smallest absolute Gasteiger partial charge is 0.230 e. The van der Waals surface area contributed by atoms with Crippen LogP contribution in [0.2, 0.25) is 0 Å². The highest BCUT2D eigenvalue weighted by molar-refractivity contribution is 5.81. The number of azide groups is 1. The van der Waals surface area contributed by atoms with Crippen molar-refractivity contribution in [3.05, 3.63) is 46.3 Å². The number of benzene rings is 1. The molecule has 1 aromatic rings. The third-order valence-corrected chi connectivity index (χ3v) is 1.55. The van der Waals surface area contributed by atoms with Crippen LogP contribution in [0.5, 0.6) is 0 Å². The molecule has 0 aromatic heterocycles. The van der Waals surface area contributed by atoms with Gasteiger partial charge in [0.2, 0.25) is 5.91 Å². The van der Waals surface area contributed by atoms with Gasteiger partial charge in [0.05, 0.1) is 0 Å². The molecule has 2 N–H and O–H groups in total. The minimum Gasteiger partial charge on any atom is -0.369 e. The van der Waals surface area contributed by atoms with E-state index in [0.29, 0.717) is 5.56 Å². The van der Waals surface area contributed by atoms with Gasteiger partial charge in [-0.2, -0.15) is 0 Å². The molecule has 5 nitrogen and oxygen atoms in total. The van der Waals surface area contributed by atoms with Gasteiger partial charge < -0.3 is 5.73 Å². The highest BCUT2D eigenvalue weighted by Gasteiger charge is 2.14. The highest BCUT2D eigenvalue weighted by atomic mass is 16.1. The second kappa shape index (κ2) is 4.13. The normalized spacial score (nSPS) is 11.4. The van der Waals surface area contributed by atoms with E-state index in [1.165, 1.54) is 0 Å². The standard InChI is InChI=1S/C8H8N4O/c9-8(13)7(11-12-10)6-4-2-1-3-5-6/h1-5,7H,(H2,9,13)/t7-/m1/s1. The van der Waals surface area contributed by atoms with Crippen molar-refractivity contribution in [1.82, 2.24) is 0 Å². The second-order valence-corrected chi connectivity index (χ2v) is 2.42. The van der Waals surface area contributed by atoms with Crippen LogP contribution in [0.15, 0.2) is 35.4 Å². The first kappa shape index (κ1) is 9.09. The molecule has 0 aliphatic carbocycles. The van der Waals surface area contributed by atoms with Crippen LogP contribution in [0, 0.1) is 0 Å². The lowest BCUT2D eigenvalue weighted by Gasteiger charge is -2.05. The van der Waals surface area contributed by atoms with Crippen LogP contribution >= 0.6 is 0 Å². The molecule has 13 heavy (non-hydrogen) atoms. The van der Waals surface area contributed by atoms with Crippen molar-refractivity contribution in [2.24, 2.45) is 10.8 Å². The molecule has 0 radical (unpaired) electrons. The molecular formula is C8H8N4O. The number of carbonyl (C=O) groups excluding carboxylic acids is 1. The van der Waals surface area contributed by atoms with Crippen LogP contribution in [0.1, 0.15) is 11.6 Å². The summed E-state index contributed by atoms with van der Waals surface area (Å²) >= 11 is 0. The fourth-order valence-corrected chi connectivity index (χ4v) is 0.975. The van der Waals surface area contributed by atoms with Gasteiger partial charge in [0.25, 0.3) is 0 Å². The van der Waals surface area contributed by atoms with E-state index >= 15 is 0 Å². The molecule has 1 amide bonds. The van der Waals surface area contributed by atoms with Crippen LogP contribution < -0.4 is 5.73 Å². The molecule has 0 unspecified atom stereocenters.